The molecule has 1 spiro atoms. The molecule has 50 heavy (non-hydrogen) atoms. The Labute approximate surface area is 291 Å². The molecule has 6 N–H and O–H groups in total. The SMILES string of the molecule is COC(=O)[C@@]1(CCN2CCOC[C@@]23CCN(C(=O)OC(C)(C)C)C3)C[C@H](O)[C@@H](NC(C)=O)[C@H]([C@H](O)[C@H](O)CNC(=O)c2cnc(O)c(C)c2)O1. The summed E-state index contributed by atoms with van der Waals surface area (Å²) in [4.78, 5) is 58.7. The average molecular weight is 710 g/mol. The number of nitrogens with zero attached hydrogens (tertiary/aromatic N) is 3. The lowest BCUT2D eigenvalue weighted by Crippen LogP contribution is -2.68. The van der Waals surface area contributed by atoms with Crippen LogP contribution in [0.4, 0.5) is 4.79 Å². The van der Waals surface area contributed by atoms with E-state index in [2.05, 4.69) is 20.5 Å². The van der Waals surface area contributed by atoms with Gasteiger partial charge in [0.1, 0.15) is 17.8 Å². The highest BCUT2D eigenvalue weighted by atomic mass is 16.6. The van der Waals surface area contributed by atoms with Gasteiger partial charge in [-0.2, -0.15) is 0 Å². The van der Waals surface area contributed by atoms with Crippen LogP contribution in [-0.2, 0) is 28.5 Å². The van der Waals surface area contributed by atoms with Crippen molar-refractivity contribution in [2.75, 3.05) is 53.0 Å². The molecule has 0 aliphatic carbocycles. The summed E-state index contributed by atoms with van der Waals surface area (Å²) >= 11 is 0. The van der Waals surface area contributed by atoms with E-state index in [0.717, 1.165) is 6.20 Å². The third-order valence-electron chi connectivity index (χ3n) is 9.43. The van der Waals surface area contributed by atoms with Gasteiger partial charge < -0.3 is 54.9 Å². The van der Waals surface area contributed by atoms with Crippen LogP contribution in [0.15, 0.2) is 12.3 Å². The number of carbonyl (C=O) groups excluding carboxylic acids is 4. The van der Waals surface area contributed by atoms with Crippen LogP contribution in [0.1, 0.15) is 62.9 Å². The van der Waals surface area contributed by atoms with Crippen LogP contribution in [0.2, 0.25) is 0 Å². The third kappa shape index (κ3) is 8.99. The molecule has 280 valence electrons. The molecule has 1 aromatic heterocycles. The van der Waals surface area contributed by atoms with Crippen molar-refractivity contribution in [2.45, 2.75) is 101 Å². The Hall–Kier alpha value is -3.61. The number of carbonyl (C=O) groups is 4. The molecule has 4 rings (SSSR count). The van der Waals surface area contributed by atoms with E-state index in [-0.39, 0.29) is 30.8 Å². The van der Waals surface area contributed by atoms with Gasteiger partial charge in [-0.3, -0.25) is 14.5 Å². The van der Waals surface area contributed by atoms with E-state index in [1.807, 2.05) is 0 Å². The molecule has 17 nitrogen and oxygen atoms in total. The molecule has 3 fully saturated rings. The molecule has 4 heterocycles. The second-order valence-electron chi connectivity index (χ2n) is 14.4. The van der Waals surface area contributed by atoms with Gasteiger partial charge in [-0.15, -0.1) is 0 Å². The van der Waals surface area contributed by atoms with Crippen molar-refractivity contribution in [2.24, 2.45) is 0 Å². The zero-order chi connectivity index (χ0) is 37.0. The van der Waals surface area contributed by atoms with Gasteiger partial charge in [-0.1, -0.05) is 0 Å². The lowest BCUT2D eigenvalue weighted by atomic mass is 9.81. The van der Waals surface area contributed by atoms with E-state index >= 15 is 0 Å². The second-order valence-corrected chi connectivity index (χ2v) is 14.4. The number of aromatic hydroxyl groups is 1. The number of rotatable bonds is 10. The fourth-order valence-corrected chi connectivity index (χ4v) is 6.82. The quantitative estimate of drug-likeness (QED) is 0.164. The Kier molecular flexibility index (Phi) is 12.3. The molecule has 7 atom stereocenters. The number of aliphatic hydroxyl groups excluding tert-OH is 3. The molecule has 0 unspecified atom stereocenters. The molecule has 0 aromatic carbocycles. The van der Waals surface area contributed by atoms with Crippen molar-refractivity contribution in [3.05, 3.63) is 23.4 Å². The van der Waals surface area contributed by atoms with Crippen molar-refractivity contribution >= 4 is 23.9 Å². The number of pyridine rings is 1. The molecule has 0 radical (unpaired) electrons. The monoisotopic (exact) mass is 709 g/mol. The fraction of sp³-hybridized carbons (Fsp3) is 0.727. The molecule has 3 aliphatic rings. The van der Waals surface area contributed by atoms with Gasteiger partial charge in [0.05, 0.1) is 49.7 Å². The summed E-state index contributed by atoms with van der Waals surface area (Å²) in [5.74, 6) is -2.25. The first-order valence-electron chi connectivity index (χ1n) is 16.7. The van der Waals surface area contributed by atoms with E-state index in [4.69, 9.17) is 18.9 Å². The maximum atomic E-state index is 13.5. The Morgan fingerprint density at radius 2 is 1.92 bits per heavy atom. The number of esters is 1. The van der Waals surface area contributed by atoms with Crippen LogP contribution < -0.4 is 10.6 Å². The summed E-state index contributed by atoms with van der Waals surface area (Å²) in [6.07, 6.45) is -5.41. The average Bonchev–Trinajstić information content (AvgIpc) is 3.48. The molecular weight excluding hydrogens is 658 g/mol. The van der Waals surface area contributed by atoms with Crippen molar-refractivity contribution in [3.8, 4) is 5.88 Å². The van der Waals surface area contributed by atoms with Gasteiger partial charge in [-0.05, 0) is 40.2 Å². The lowest BCUT2D eigenvalue weighted by molar-refractivity contribution is -0.232. The highest BCUT2D eigenvalue weighted by Gasteiger charge is 2.56. The van der Waals surface area contributed by atoms with Crippen molar-refractivity contribution in [3.63, 3.8) is 0 Å². The predicted molar refractivity (Wildman–Crippen MR) is 175 cm³/mol. The highest BCUT2D eigenvalue weighted by molar-refractivity contribution is 5.94. The number of nitrogens with one attached hydrogen (secondary N) is 2. The molecule has 0 saturated carbocycles. The number of aliphatic hydroxyl groups is 3. The van der Waals surface area contributed by atoms with E-state index in [1.54, 1.807) is 32.6 Å². The summed E-state index contributed by atoms with van der Waals surface area (Å²) in [6, 6.07) is 0.166. The molecule has 0 bridgehead atoms. The van der Waals surface area contributed by atoms with Crippen LogP contribution in [-0.4, -0.2) is 159 Å². The number of likely N-dealkylation sites (tertiary alicyclic amines) is 1. The minimum Gasteiger partial charge on any atom is -0.493 e. The first-order valence-corrected chi connectivity index (χ1v) is 16.7. The third-order valence-corrected chi connectivity index (χ3v) is 9.43. The minimum atomic E-state index is -1.81. The summed E-state index contributed by atoms with van der Waals surface area (Å²) in [5.41, 5.74) is -2.59. The maximum absolute atomic E-state index is 13.5. The smallest absolute Gasteiger partial charge is 0.410 e. The van der Waals surface area contributed by atoms with Gasteiger partial charge in [0.15, 0.2) is 5.60 Å². The van der Waals surface area contributed by atoms with Gasteiger partial charge in [0.25, 0.3) is 5.91 Å². The standard InChI is InChI=1S/C33H51N5O12/c1-19-13-21(15-34-27(19)43)28(44)35-16-23(41)25(42)26-24(36-20(2)39)22(40)14-33(49-26,29(45)47-6)8-10-38-11-12-48-18-32(38)7-9-37(17-32)30(46)50-31(3,4)5/h13,15,22-26,40-42H,7-12,14,16-18H2,1-6H3,(H,34,43)(H,35,44)(H,36,39)/t22-,23+,24+,25+,26+,32-,33+/m0/s1. The van der Waals surface area contributed by atoms with Crippen LogP contribution >= 0.6 is 0 Å². The summed E-state index contributed by atoms with van der Waals surface area (Å²) in [5, 5.41) is 48.4. The first kappa shape index (κ1) is 39.2. The number of aryl methyl sites for hydroxylation is 1. The Morgan fingerprint density at radius 3 is 2.56 bits per heavy atom. The van der Waals surface area contributed by atoms with Crippen LogP contribution in [0.3, 0.4) is 0 Å². The molecule has 3 aliphatic heterocycles. The molecule has 3 saturated heterocycles. The van der Waals surface area contributed by atoms with E-state index in [0.29, 0.717) is 44.8 Å². The van der Waals surface area contributed by atoms with E-state index in [9.17, 15) is 39.6 Å². The van der Waals surface area contributed by atoms with Gasteiger partial charge >= 0.3 is 12.1 Å². The number of amides is 3. The highest BCUT2D eigenvalue weighted by Crippen LogP contribution is 2.38. The number of aromatic nitrogens is 1. The number of morpholine rings is 1. The Balaban J connectivity index is 1.52. The minimum absolute atomic E-state index is 0.0129. The largest absolute Gasteiger partial charge is 0.493 e. The van der Waals surface area contributed by atoms with Gasteiger partial charge in [-0.25, -0.2) is 14.6 Å². The zero-order valence-electron chi connectivity index (χ0n) is 29.5. The Bertz CT molecular complexity index is 1410. The summed E-state index contributed by atoms with van der Waals surface area (Å²) in [7, 11) is 1.17. The van der Waals surface area contributed by atoms with Crippen molar-refractivity contribution in [1.82, 2.24) is 25.4 Å². The number of ether oxygens (including phenoxy) is 4. The number of methoxy groups -OCH3 is 1. The summed E-state index contributed by atoms with van der Waals surface area (Å²) < 4.78 is 22.9. The van der Waals surface area contributed by atoms with E-state index < -0.39 is 77.6 Å². The second kappa shape index (κ2) is 15.7. The number of hydrogen-bond donors (Lipinski definition) is 6. The van der Waals surface area contributed by atoms with E-state index in [1.165, 1.54) is 20.1 Å². The topological polar surface area (TPSA) is 230 Å². The van der Waals surface area contributed by atoms with Crippen molar-refractivity contribution in [1.29, 1.82) is 0 Å². The molecule has 1 aromatic rings. The summed E-state index contributed by atoms with van der Waals surface area (Å²) in [6.45, 7) is 9.94. The fourth-order valence-electron chi connectivity index (χ4n) is 6.82. The maximum Gasteiger partial charge on any atom is 0.410 e. The zero-order valence-corrected chi connectivity index (χ0v) is 29.5. The molecule has 3 amide bonds. The molecular formula is C33H51N5O12. The van der Waals surface area contributed by atoms with Crippen molar-refractivity contribution < 1.29 is 58.6 Å². The Morgan fingerprint density at radius 1 is 1.20 bits per heavy atom. The normalized spacial score (nSPS) is 28.5. The molecule has 17 heteroatoms. The van der Waals surface area contributed by atoms with Crippen LogP contribution in [0, 0.1) is 6.92 Å². The lowest BCUT2D eigenvalue weighted by Gasteiger charge is -2.49. The number of hydrogen-bond acceptors (Lipinski definition) is 14. The first-order chi connectivity index (χ1) is 23.4. The van der Waals surface area contributed by atoms with Gasteiger partial charge in [0, 0.05) is 64.2 Å². The predicted octanol–water partition coefficient (Wildman–Crippen LogP) is -0.785. The van der Waals surface area contributed by atoms with Crippen LogP contribution in [0.25, 0.3) is 0 Å². The van der Waals surface area contributed by atoms with Gasteiger partial charge in [0.2, 0.25) is 11.8 Å². The van der Waals surface area contributed by atoms with Crippen LogP contribution in [0.5, 0.6) is 5.88 Å².